The van der Waals surface area contributed by atoms with Gasteiger partial charge in [0.2, 0.25) is 0 Å². The number of esters is 1. The van der Waals surface area contributed by atoms with E-state index in [1.165, 1.54) is 16.3 Å². The quantitative estimate of drug-likeness (QED) is 0.736. The number of halogens is 1. The molecule has 0 saturated carbocycles. The van der Waals surface area contributed by atoms with E-state index in [1.807, 2.05) is 0 Å². The lowest BCUT2D eigenvalue weighted by atomic mass is 10.2. The Bertz CT molecular complexity index is 898. The number of hydrogen-bond donors (Lipinski definition) is 1. The molecule has 1 aliphatic heterocycles. The Morgan fingerprint density at radius 3 is 2.65 bits per heavy atom. The van der Waals surface area contributed by atoms with Gasteiger partial charge in [-0.1, -0.05) is 11.6 Å². The first-order valence-corrected chi connectivity index (χ1v) is 10.7. The van der Waals surface area contributed by atoms with E-state index in [1.54, 1.807) is 25.1 Å². The Morgan fingerprint density at radius 1 is 1.38 bits per heavy atom. The summed E-state index contributed by atoms with van der Waals surface area (Å²) >= 11 is 6.93. The molecule has 0 atom stereocenters. The van der Waals surface area contributed by atoms with Crippen LogP contribution in [0.25, 0.3) is 0 Å². The number of rotatable bonds is 5. The highest BCUT2D eigenvalue weighted by Gasteiger charge is 2.32. The van der Waals surface area contributed by atoms with Crippen LogP contribution in [0.3, 0.4) is 0 Å². The highest BCUT2D eigenvalue weighted by Crippen LogP contribution is 2.28. The maximum absolute atomic E-state index is 12.6. The maximum atomic E-state index is 12.6. The molecule has 142 valence electrons. The van der Waals surface area contributed by atoms with Gasteiger partial charge in [0, 0.05) is 6.07 Å². The van der Waals surface area contributed by atoms with Crippen molar-refractivity contribution < 1.29 is 27.3 Å². The van der Waals surface area contributed by atoms with Crippen LogP contribution in [0.2, 0.25) is 4.34 Å². The average Bonchev–Trinajstić information content (AvgIpc) is 3.21. The highest BCUT2D eigenvalue weighted by molar-refractivity contribution is 7.91. The monoisotopic (exact) mass is 419 g/mol. The van der Waals surface area contributed by atoms with Crippen molar-refractivity contribution >= 4 is 38.9 Å². The van der Waals surface area contributed by atoms with E-state index < -0.39 is 16.0 Å². The van der Waals surface area contributed by atoms with E-state index in [0.29, 0.717) is 54.1 Å². The van der Waals surface area contributed by atoms with Crippen LogP contribution in [0, 0.1) is 6.92 Å². The molecule has 2 aromatic rings. The third-order valence-corrected chi connectivity index (χ3v) is 7.97. The van der Waals surface area contributed by atoms with Crippen molar-refractivity contribution in [3.8, 4) is 0 Å². The molecule has 1 aliphatic rings. The molecule has 10 heteroatoms. The molecule has 1 N–H and O–H groups in total. The van der Waals surface area contributed by atoms with Gasteiger partial charge in [-0.3, -0.25) is 0 Å². The van der Waals surface area contributed by atoms with Crippen LogP contribution in [0.5, 0.6) is 0 Å². The zero-order valence-corrected chi connectivity index (χ0v) is 16.8. The van der Waals surface area contributed by atoms with Gasteiger partial charge in [-0.2, -0.15) is 4.31 Å². The number of nitrogens with one attached hydrogen (secondary N) is 1. The molecule has 1 saturated heterocycles. The van der Waals surface area contributed by atoms with Crippen LogP contribution in [0.1, 0.15) is 21.9 Å². The Morgan fingerprint density at radius 2 is 2.08 bits per heavy atom. The van der Waals surface area contributed by atoms with Crippen LogP contribution in [0.15, 0.2) is 26.8 Å². The minimum atomic E-state index is -3.49. The number of sulfonamides is 1. The van der Waals surface area contributed by atoms with Crippen LogP contribution in [-0.4, -0.2) is 52.0 Å². The predicted octanol–water partition coefficient (Wildman–Crippen LogP) is 1.18. The maximum Gasteiger partial charge on any atom is 0.341 e. The van der Waals surface area contributed by atoms with E-state index in [-0.39, 0.29) is 4.21 Å². The van der Waals surface area contributed by atoms with Gasteiger partial charge in [0.15, 0.2) is 5.76 Å². The molecule has 0 spiro atoms. The number of methoxy groups -OCH3 is 1. The smallest absolute Gasteiger partial charge is 0.341 e. The second-order valence-electron chi connectivity index (χ2n) is 6.06. The first kappa shape index (κ1) is 19.4. The van der Waals surface area contributed by atoms with Crippen LogP contribution in [0.4, 0.5) is 0 Å². The predicted molar refractivity (Wildman–Crippen MR) is 97.3 cm³/mol. The van der Waals surface area contributed by atoms with Crippen molar-refractivity contribution in [1.29, 1.82) is 0 Å². The fourth-order valence-electron chi connectivity index (χ4n) is 2.97. The molecule has 0 radical (unpaired) electrons. The summed E-state index contributed by atoms with van der Waals surface area (Å²) in [5.74, 6) is 0.805. The normalized spacial score (nSPS) is 16.7. The van der Waals surface area contributed by atoms with Gasteiger partial charge in [-0.05, 0) is 19.1 Å². The fourth-order valence-corrected chi connectivity index (χ4v) is 6.05. The Hall–Kier alpha value is -1.39. The fraction of sp³-hybridized carbons (Fsp3) is 0.438. The molecular formula is C16H20ClN2O5S2+. The lowest BCUT2D eigenvalue weighted by molar-refractivity contribution is -0.918. The summed E-state index contributed by atoms with van der Waals surface area (Å²) in [5.41, 5.74) is 0.428. The lowest BCUT2D eigenvalue weighted by Crippen LogP contribution is -3.13. The van der Waals surface area contributed by atoms with E-state index in [0.717, 1.165) is 11.3 Å². The first-order chi connectivity index (χ1) is 12.3. The van der Waals surface area contributed by atoms with E-state index in [9.17, 15) is 13.2 Å². The molecule has 7 nitrogen and oxygen atoms in total. The number of carbonyl (C=O) groups is 1. The summed E-state index contributed by atoms with van der Waals surface area (Å²) in [5, 5.41) is 0. The van der Waals surface area contributed by atoms with Crippen molar-refractivity contribution in [3.63, 3.8) is 0 Å². The third kappa shape index (κ3) is 3.96. The number of piperazine rings is 1. The minimum Gasteiger partial charge on any atom is -0.465 e. The van der Waals surface area contributed by atoms with Crippen molar-refractivity contribution in [2.24, 2.45) is 0 Å². The second-order valence-corrected chi connectivity index (χ2v) is 9.94. The van der Waals surface area contributed by atoms with Gasteiger partial charge in [-0.25, -0.2) is 13.2 Å². The molecular weight excluding hydrogens is 400 g/mol. The zero-order valence-electron chi connectivity index (χ0n) is 14.5. The van der Waals surface area contributed by atoms with E-state index >= 15 is 0 Å². The molecule has 2 aromatic heterocycles. The molecule has 3 heterocycles. The van der Waals surface area contributed by atoms with Gasteiger partial charge < -0.3 is 14.1 Å². The molecule has 0 aliphatic carbocycles. The Kier molecular flexibility index (Phi) is 5.73. The van der Waals surface area contributed by atoms with E-state index in [2.05, 4.69) is 0 Å². The summed E-state index contributed by atoms with van der Waals surface area (Å²) in [6.07, 6.45) is 0. The lowest BCUT2D eigenvalue weighted by Gasteiger charge is -2.30. The second kappa shape index (κ2) is 7.69. The SMILES string of the molecule is COC(=O)c1cc(C[NH+]2CCN(S(=O)(=O)c3ccc(Cl)s3)CC2)oc1C. The van der Waals surface area contributed by atoms with Gasteiger partial charge in [-0.15, -0.1) is 11.3 Å². The number of nitrogens with zero attached hydrogens (tertiary/aromatic N) is 1. The third-order valence-electron chi connectivity index (χ3n) is 4.37. The minimum absolute atomic E-state index is 0.273. The van der Waals surface area contributed by atoms with Crippen LogP contribution < -0.4 is 4.90 Å². The number of furan rings is 1. The summed E-state index contributed by atoms with van der Waals surface area (Å²) in [6, 6.07) is 4.84. The number of hydrogen-bond acceptors (Lipinski definition) is 6. The summed E-state index contributed by atoms with van der Waals surface area (Å²) in [4.78, 5) is 12.9. The van der Waals surface area contributed by atoms with Crippen molar-refractivity contribution in [2.45, 2.75) is 17.7 Å². The van der Waals surface area contributed by atoms with Crippen molar-refractivity contribution in [3.05, 3.63) is 39.6 Å². The van der Waals surface area contributed by atoms with Crippen molar-refractivity contribution in [2.75, 3.05) is 33.3 Å². The number of quaternary nitrogens is 1. The Balaban J connectivity index is 1.61. The van der Waals surface area contributed by atoms with Gasteiger partial charge in [0.05, 0.1) is 37.6 Å². The molecule has 26 heavy (non-hydrogen) atoms. The molecule has 1 fully saturated rings. The number of carbonyl (C=O) groups excluding carboxylic acids is 1. The van der Waals surface area contributed by atoms with Crippen LogP contribution >= 0.6 is 22.9 Å². The first-order valence-electron chi connectivity index (χ1n) is 8.08. The Labute approximate surface area is 161 Å². The van der Waals surface area contributed by atoms with E-state index in [4.69, 9.17) is 20.8 Å². The molecule has 0 bridgehead atoms. The van der Waals surface area contributed by atoms with Gasteiger partial charge >= 0.3 is 5.97 Å². The topological polar surface area (TPSA) is 81.3 Å². The molecule has 3 rings (SSSR count). The number of aryl methyl sites for hydroxylation is 1. The average molecular weight is 420 g/mol. The number of ether oxygens (including phenoxy) is 1. The van der Waals surface area contributed by atoms with Crippen LogP contribution in [-0.2, 0) is 21.3 Å². The summed E-state index contributed by atoms with van der Waals surface area (Å²) < 4.78 is 37.8. The van der Waals surface area contributed by atoms with Crippen molar-refractivity contribution in [1.82, 2.24) is 4.31 Å². The number of thiophene rings is 1. The summed E-state index contributed by atoms with van der Waals surface area (Å²) in [7, 11) is -2.15. The highest BCUT2D eigenvalue weighted by atomic mass is 35.5. The largest absolute Gasteiger partial charge is 0.465 e. The molecule has 0 amide bonds. The molecule has 0 unspecified atom stereocenters. The zero-order chi connectivity index (χ0) is 18.9. The summed E-state index contributed by atoms with van der Waals surface area (Å²) in [6.45, 7) is 4.49. The van der Waals surface area contributed by atoms with Gasteiger partial charge in [0.1, 0.15) is 22.1 Å². The van der Waals surface area contributed by atoms with Gasteiger partial charge in [0.25, 0.3) is 10.0 Å². The standard InChI is InChI=1S/C16H19ClN2O5S2/c1-11-13(16(20)23-2)9-12(24-11)10-18-5-7-19(8-6-18)26(21,22)15-4-3-14(17)25-15/h3-4,9H,5-8,10H2,1-2H3/p+1. The molecule has 0 aromatic carbocycles.